The topological polar surface area (TPSA) is 0 Å². The number of rotatable bonds is 1. The lowest BCUT2D eigenvalue weighted by Gasteiger charge is -1.89. The molecule has 0 saturated heterocycles. The third-order valence-electron chi connectivity index (χ3n) is 0.644. The van der Waals surface area contributed by atoms with Crippen LogP contribution in [0.15, 0.2) is 0 Å². The molecule has 0 aliphatic heterocycles. The van der Waals surface area contributed by atoms with E-state index >= 15 is 0 Å². The summed E-state index contributed by atoms with van der Waals surface area (Å²) in [5, 5.41) is 0. The van der Waals surface area contributed by atoms with Crippen LogP contribution in [0.4, 0.5) is 0 Å². The number of hydrogen-bond donors (Lipinski definition) is 0. The molecule has 0 N–H and O–H groups in total. The summed E-state index contributed by atoms with van der Waals surface area (Å²) in [5.74, 6) is 0.384. The maximum absolute atomic E-state index is 5.29. The van der Waals surface area contributed by atoms with Crippen molar-refractivity contribution in [3.63, 3.8) is 0 Å². The van der Waals surface area contributed by atoms with Crippen molar-refractivity contribution in [2.24, 2.45) is 5.92 Å². The predicted octanol–water partition coefficient (Wildman–Crippen LogP) is 1.74. The van der Waals surface area contributed by atoms with Crippen molar-refractivity contribution in [1.29, 1.82) is 0 Å². The molecule has 0 aromatic carbocycles. The summed E-state index contributed by atoms with van der Waals surface area (Å²) in [5.41, 5.74) is 0. The highest BCUT2D eigenvalue weighted by Crippen LogP contribution is 1.93. The Morgan fingerprint density at radius 3 is 2.00 bits per heavy atom. The molecule has 0 heterocycles. The third-order valence-corrected chi connectivity index (χ3v) is 0.644. The van der Waals surface area contributed by atoms with Crippen LogP contribution in [0.25, 0.3) is 0 Å². The Balaban J connectivity index is 2.54. The molecule has 0 fully saturated rings. The van der Waals surface area contributed by atoms with Gasteiger partial charge in [-0.1, -0.05) is 20.3 Å². The van der Waals surface area contributed by atoms with E-state index in [0.717, 1.165) is 6.42 Å². The summed E-state index contributed by atoms with van der Waals surface area (Å²) in [6.07, 6.45) is 1.08. The second-order valence-electron chi connectivity index (χ2n) is 1.39. The van der Waals surface area contributed by atoms with Gasteiger partial charge in [-0.25, -0.2) is 0 Å². The number of hydrogen-bond acceptors (Lipinski definition) is 0. The van der Waals surface area contributed by atoms with Gasteiger partial charge in [-0.3, -0.25) is 0 Å². The highest BCUT2D eigenvalue weighted by molar-refractivity contribution is 4.46. The molecule has 5 heavy (non-hydrogen) atoms. The fourth-order valence-electron chi connectivity index (χ4n) is 0. The summed E-state index contributed by atoms with van der Waals surface area (Å²) < 4.78 is 0. The van der Waals surface area contributed by atoms with Crippen LogP contribution in [0.2, 0.25) is 0 Å². The predicted molar refractivity (Wildman–Crippen MR) is 23.8 cm³/mol. The van der Waals surface area contributed by atoms with E-state index in [-0.39, 0.29) is 0 Å². The fourth-order valence-corrected chi connectivity index (χ4v) is 0. The Morgan fingerprint density at radius 1 is 1.80 bits per heavy atom. The molecular weight excluding hydrogens is 60.1 g/mol. The molecule has 0 amide bonds. The molecule has 0 rings (SSSR count). The maximum Gasteiger partial charge on any atom is -0.0321 e. The zero-order valence-electron chi connectivity index (χ0n) is 3.86. The van der Waals surface area contributed by atoms with Crippen molar-refractivity contribution in [1.82, 2.24) is 0 Å². The van der Waals surface area contributed by atoms with Gasteiger partial charge in [0.25, 0.3) is 0 Å². The summed E-state index contributed by atoms with van der Waals surface area (Å²) in [4.78, 5) is 0. The monoisotopic (exact) mass is 70.1 g/mol. The van der Waals surface area contributed by atoms with Crippen molar-refractivity contribution in [3.05, 3.63) is 6.92 Å². The van der Waals surface area contributed by atoms with Crippen LogP contribution in [0, 0.1) is 12.8 Å². The Bertz CT molecular complexity index is 14.0. The molecule has 0 bridgehead atoms. The molecule has 0 aliphatic carbocycles. The van der Waals surface area contributed by atoms with Gasteiger partial charge in [-0.15, -0.1) is 0 Å². The maximum atomic E-state index is 5.29. The van der Waals surface area contributed by atoms with Crippen LogP contribution < -0.4 is 0 Å². The first kappa shape index (κ1) is 5.00. The van der Waals surface area contributed by atoms with Crippen molar-refractivity contribution in [2.75, 3.05) is 0 Å². The van der Waals surface area contributed by atoms with Crippen LogP contribution in [0.5, 0.6) is 0 Å². The lowest BCUT2D eigenvalue weighted by molar-refractivity contribution is 0.694. The minimum atomic E-state index is 0.384. The average molecular weight is 70.1 g/mol. The summed E-state index contributed by atoms with van der Waals surface area (Å²) in [6.45, 7) is 9.37. The highest BCUT2D eigenvalue weighted by Gasteiger charge is 1.80. The lowest BCUT2D eigenvalue weighted by Crippen LogP contribution is -1.77. The molecule has 0 aromatic heterocycles. The molecular formula is C5H10. The average Bonchev–Trinajstić information content (AvgIpc) is 1.38. The second-order valence-corrected chi connectivity index (χ2v) is 1.39. The van der Waals surface area contributed by atoms with E-state index in [1.165, 1.54) is 0 Å². The molecule has 0 saturated carbocycles. The third kappa shape index (κ3) is 4.00. The standard InChI is InChI=1S/C5H10/c1-4-5(2)3/h2,5H,4H2,1,3H3. The van der Waals surface area contributed by atoms with Gasteiger partial charge >= 0.3 is 0 Å². The van der Waals surface area contributed by atoms with Crippen molar-refractivity contribution in [3.8, 4) is 0 Å². The Hall–Kier alpha value is 0. The van der Waals surface area contributed by atoms with E-state index in [1.54, 1.807) is 0 Å². The van der Waals surface area contributed by atoms with Crippen molar-refractivity contribution >= 4 is 0 Å². The first-order valence-electron chi connectivity index (χ1n) is 2.03. The minimum Gasteiger partial charge on any atom is -0.0651 e. The van der Waals surface area contributed by atoms with Crippen LogP contribution in [0.3, 0.4) is 0 Å². The largest absolute Gasteiger partial charge is 0.0651 e. The summed E-state index contributed by atoms with van der Waals surface area (Å²) >= 11 is 0. The van der Waals surface area contributed by atoms with Gasteiger partial charge in [-0.2, -0.15) is 0 Å². The van der Waals surface area contributed by atoms with Crippen LogP contribution >= 0.6 is 0 Å². The Kier molecular flexibility index (Phi) is 2.25. The summed E-state index contributed by atoms with van der Waals surface area (Å²) in [6, 6.07) is 0. The molecule has 0 aromatic rings. The van der Waals surface area contributed by atoms with Crippen LogP contribution in [-0.4, -0.2) is 0 Å². The molecule has 0 aliphatic rings. The lowest BCUT2D eigenvalue weighted by atomic mass is 10.2. The van der Waals surface area contributed by atoms with Gasteiger partial charge in [-0.05, 0) is 12.8 Å². The van der Waals surface area contributed by atoms with E-state index in [4.69, 9.17) is 6.92 Å². The molecule has 1 atom stereocenters. The second kappa shape index (κ2) is 2.25. The Labute approximate surface area is 34.2 Å². The van der Waals surface area contributed by atoms with E-state index < -0.39 is 0 Å². The van der Waals surface area contributed by atoms with E-state index in [2.05, 4.69) is 6.92 Å². The molecule has 1 unspecified atom stereocenters. The fraction of sp³-hybridized carbons (Fsp3) is 0.800. The first-order chi connectivity index (χ1) is 2.27. The van der Waals surface area contributed by atoms with Crippen LogP contribution in [0.1, 0.15) is 20.3 Å². The molecule has 2 radical (unpaired) electrons. The molecule has 30 valence electrons. The molecule has 0 nitrogen and oxygen atoms in total. The first-order valence-corrected chi connectivity index (χ1v) is 2.03. The Morgan fingerprint density at radius 2 is 2.00 bits per heavy atom. The van der Waals surface area contributed by atoms with Gasteiger partial charge in [0.1, 0.15) is 0 Å². The van der Waals surface area contributed by atoms with Gasteiger partial charge in [0.2, 0.25) is 0 Å². The normalized spacial score (nSPS) is 9.60. The minimum absolute atomic E-state index is 0.384. The quantitative estimate of drug-likeness (QED) is 0.441. The van der Waals surface area contributed by atoms with E-state index in [0.29, 0.717) is 5.92 Å². The van der Waals surface area contributed by atoms with Gasteiger partial charge < -0.3 is 0 Å². The van der Waals surface area contributed by atoms with Gasteiger partial charge in [0.05, 0.1) is 0 Å². The van der Waals surface area contributed by atoms with E-state index in [1.807, 2.05) is 6.92 Å². The highest BCUT2D eigenvalue weighted by atomic mass is 13.9. The van der Waals surface area contributed by atoms with Crippen LogP contribution in [-0.2, 0) is 0 Å². The molecule has 0 spiro atoms. The van der Waals surface area contributed by atoms with Gasteiger partial charge in [0.15, 0.2) is 0 Å². The zero-order valence-corrected chi connectivity index (χ0v) is 3.86. The van der Waals surface area contributed by atoms with Crippen molar-refractivity contribution in [2.45, 2.75) is 20.3 Å². The van der Waals surface area contributed by atoms with Gasteiger partial charge in [0, 0.05) is 0 Å². The van der Waals surface area contributed by atoms with Crippen molar-refractivity contribution < 1.29 is 0 Å². The molecule has 0 heteroatoms. The smallest absolute Gasteiger partial charge is 0.0321 e. The van der Waals surface area contributed by atoms with E-state index in [9.17, 15) is 0 Å². The SMILES string of the molecule is [CH]C(C)CC. The zero-order chi connectivity index (χ0) is 4.28. The summed E-state index contributed by atoms with van der Waals surface area (Å²) in [7, 11) is 0.